The third-order valence-electron chi connectivity index (χ3n) is 5.45. The summed E-state index contributed by atoms with van der Waals surface area (Å²) in [6.45, 7) is 0. The lowest BCUT2D eigenvalue weighted by Crippen LogP contribution is -2.21. The first-order valence-electron chi connectivity index (χ1n) is 10.5. The van der Waals surface area contributed by atoms with Crippen molar-refractivity contribution < 1.29 is 23.7 Å². The number of allylic oxidation sites excluding steroid dienone is 1. The van der Waals surface area contributed by atoms with Crippen LogP contribution in [-0.2, 0) is 4.79 Å². The summed E-state index contributed by atoms with van der Waals surface area (Å²) in [6.07, 6.45) is 2.86. The normalized spacial score (nSPS) is 14.6. The molecule has 0 saturated carbocycles. The Morgan fingerprint density at radius 3 is 2.57 bits per heavy atom. The molecule has 0 amide bonds. The lowest BCUT2D eigenvalue weighted by molar-refractivity contribution is -0.128. The summed E-state index contributed by atoms with van der Waals surface area (Å²) >= 11 is 6.11. The minimum Gasteiger partial charge on any atom is -0.493 e. The number of carbonyl (C=O) groups excluding carboxylic acids is 1. The molecule has 0 aliphatic carbocycles. The van der Waals surface area contributed by atoms with Crippen molar-refractivity contribution in [2.45, 2.75) is 5.92 Å². The number of benzene rings is 3. The zero-order chi connectivity index (χ0) is 24.9. The Labute approximate surface area is 207 Å². The number of ether oxygens (including phenoxy) is 4. The minimum atomic E-state index is -0.585. The molecule has 1 unspecified atom stereocenters. The molecule has 35 heavy (non-hydrogen) atoms. The number of fused-ring (bicyclic) bond motifs is 1. The SMILES string of the molecule is COc1ccc(C2C(C#N)=C(N)Oc3cc(OC(=O)/C=C/c4ccccc4Cl)ccc32)cc1OC. The summed E-state index contributed by atoms with van der Waals surface area (Å²) in [7, 11) is 3.09. The third kappa shape index (κ3) is 4.93. The van der Waals surface area contributed by atoms with Gasteiger partial charge >= 0.3 is 5.97 Å². The number of methoxy groups -OCH3 is 2. The fourth-order valence-corrected chi connectivity index (χ4v) is 3.99. The second kappa shape index (κ2) is 10.2. The Hall–Kier alpha value is -4.41. The van der Waals surface area contributed by atoms with Crippen molar-refractivity contribution in [1.82, 2.24) is 0 Å². The van der Waals surface area contributed by atoms with Gasteiger partial charge in [0.1, 0.15) is 23.1 Å². The lowest BCUT2D eigenvalue weighted by atomic mass is 9.83. The number of nitriles is 1. The van der Waals surface area contributed by atoms with Gasteiger partial charge < -0.3 is 24.7 Å². The van der Waals surface area contributed by atoms with Crippen LogP contribution in [0.1, 0.15) is 22.6 Å². The largest absolute Gasteiger partial charge is 0.493 e. The summed E-state index contributed by atoms with van der Waals surface area (Å²) in [5, 5.41) is 10.3. The summed E-state index contributed by atoms with van der Waals surface area (Å²) in [5.41, 5.74) is 8.49. The predicted molar refractivity (Wildman–Crippen MR) is 131 cm³/mol. The molecule has 0 spiro atoms. The van der Waals surface area contributed by atoms with Crippen molar-refractivity contribution in [1.29, 1.82) is 5.26 Å². The van der Waals surface area contributed by atoms with E-state index in [-0.39, 0.29) is 17.2 Å². The number of hydrogen-bond donors (Lipinski definition) is 1. The fourth-order valence-electron chi connectivity index (χ4n) is 3.79. The van der Waals surface area contributed by atoms with E-state index in [0.717, 1.165) is 5.56 Å². The molecule has 1 aliphatic rings. The number of esters is 1. The Balaban J connectivity index is 1.64. The highest BCUT2D eigenvalue weighted by atomic mass is 35.5. The van der Waals surface area contributed by atoms with Crippen molar-refractivity contribution in [3.63, 3.8) is 0 Å². The summed E-state index contributed by atoms with van der Waals surface area (Å²) in [4.78, 5) is 12.3. The van der Waals surface area contributed by atoms with E-state index in [1.54, 1.807) is 61.7 Å². The van der Waals surface area contributed by atoms with Crippen molar-refractivity contribution in [3.8, 4) is 29.1 Å². The molecule has 3 aromatic carbocycles. The maximum Gasteiger partial charge on any atom is 0.336 e. The van der Waals surface area contributed by atoms with Crippen molar-refractivity contribution >= 4 is 23.6 Å². The molecule has 176 valence electrons. The van der Waals surface area contributed by atoms with Crippen LogP contribution in [0.2, 0.25) is 5.02 Å². The van der Waals surface area contributed by atoms with E-state index < -0.39 is 11.9 Å². The maximum absolute atomic E-state index is 12.3. The molecule has 8 heteroatoms. The number of carbonyl (C=O) groups is 1. The summed E-state index contributed by atoms with van der Waals surface area (Å²) in [6, 6.07) is 19.6. The first-order chi connectivity index (χ1) is 16.9. The van der Waals surface area contributed by atoms with E-state index in [1.165, 1.54) is 13.2 Å². The zero-order valence-electron chi connectivity index (χ0n) is 18.9. The quantitative estimate of drug-likeness (QED) is 0.289. The number of rotatable bonds is 6. The smallest absolute Gasteiger partial charge is 0.336 e. The number of hydrogen-bond acceptors (Lipinski definition) is 7. The molecular weight excluding hydrogens is 468 g/mol. The van der Waals surface area contributed by atoms with Crippen molar-refractivity contribution in [3.05, 3.63) is 99.9 Å². The van der Waals surface area contributed by atoms with Crippen LogP contribution in [-0.4, -0.2) is 20.2 Å². The first-order valence-corrected chi connectivity index (χ1v) is 10.9. The zero-order valence-corrected chi connectivity index (χ0v) is 19.7. The van der Waals surface area contributed by atoms with Gasteiger partial charge in [-0.05, 0) is 41.5 Å². The highest BCUT2D eigenvalue weighted by Crippen LogP contribution is 2.45. The maximum atomic E-state index is 12.3. The standard InChI is InChI=1S/C27H21ClN2O5/c1-32-22-11-7-17(13-24(22)33-2)26-19-10-9-18(14-23(19)35-27(30)20(26)15-29)34-25(31)12-8-16-5-3-4-6-21(16)28/h3-14,26H,30H2,1-2H3/b12-8+. The van der Waals surface area contributed by atoms with Gasteiger partial charge in [0.05, 0.1) is 20.1 Å². The monoisotopic (exact) mass is 488 g/mol. The molecule has 0 saturated heterocycles. The third-order valence-corrected chi connectivity index (χ3v) is 5.80. The Morgan fingerprint density at radius 1 is 1.09 bits per heavy atom. The molecule has 0 radical (unpaired) electrons. The molecule has 2 N–H and O–H groups in total. The van der Waals surface area contributed by atoms with Crippen LogP contribution in [0, 0.1) is 11.3 Å². The van der Waals surface area contributed by atoms with Gasteiger partial charge in [-0.3, -0.25) is 0 Å². The molecule has 1 heterocycles. The second-order valence-corrected chi connectivity index (χ2v) is 7.92. The lowest BCUT2D eigenvalue weighted by Gasteiger charge is -2.27. The van der Waals surface area contributed by atoms with E-state index in [4.69, 9.17) is 36.3 Å². The highest BCUT2D eigenvalue weighted by Gasteiger charge is 2.31. The van der Waals surface area contributed by atoms with Gasteiger partial charge in [0.15, 0.2) is 11.5 Å². The van der Waals surface area contributed by atoms with Crippen molar-refractivity contribution in [2.24, 2.45) is 5.73 Å². The van der Waals surface area contributed by atoms with Crippen molar-refractivity contribution in [2.75, 3.05) is 14.2 Å². The van der Waals surface area contributed by atoms with E-state index in [2.05, 4.69) is 6.07 Å². The molecule has 1 atom stereocenters. The van der Waals surface area contributed by atoms with Gasteiger partial charge in [-0.25, -0.2) is 4.79 Å². The topological polar surface area (TPSA) is 104 Å². The van der Waals surface area contributed by atoms with Crippen LogP contribution < -0.4 is 24.7 Å². The molecule has 4 rings (SSSR count). The molecule has 1 aliphatic heterocycles. The molecule has 0 aromatic heterocycles. The number of nitrogens with two attached hydrogens (primary N) is 1. The Morgan fingerprint density at radius 2 is 1.86 bits per heavy atom. The Kier molecular flexibility index (Phi) is 6.95. The average Bonchev–Trinajstić information content (AvgIpc) is 2.86. The van der Waals surface area contributed by atoms with Crippen LogP contribution in [0.5, 0.6) is 23.0 Å². The molecule has 3 aromatic rings. The van der Waals surface area contributed by atoms with Gasteiger partial charge in [-0.1, -0.05) is 41.9 Å². The van der Waals surface area contributed by atoms with Crippen LogP contribution in [0.15, 0.2) is 78.2 Å². The summed E-state index contributed by atoms with van der Waals surface area (Å²) in [5.74, 6) is 0.600. The van der Waals surface area contributed by atoms with Gasteiger partial charge in [0.2, 0.25) is 5.88 Å². The predicted octanol–water partition coefficient (Wildman–Crippen LogP) is 5.19. The van der Waals surface area contributed by atoms with Crippen LogP contribution in [0.3, 0.4) is 0 Å². The highest BCUT2D eigenvalue weighted by molar-refractivity contribution is 6.32. The van der Waals surface area contributed by atoms with Gasteiger partial charge in [-0.15, -0.1) is 0 Å². The van der Waals surface area contributed by atoms with Crippen LogP contribution >= 0.6 is 11.6 Å². The average molecular weight is 489 g/mol. The second-order valence-electron chi connectivity index (χ2n) is 7.51. The molecule has 0 bridgehead atoms. The van der Waals surface area contributed by atoms with Crippen LogP contribution in [0.25, 0.3) is 6.08 Å². The van der Waals surface area contributed by atoms with Gasteiger partial charge in [-0.2, -0.15) is 5.26 Å². The first kappa shape index (κ1) is 23.7. The number of nitrogens with zero attached hydrogens (tertiary/aromatic N) is 1. The summed E-state index contributed by atoms with van der Waals surface area (Å²) < 4.78 is 21.9. The Bertz CT molecular complexity index is 1390. The van der Waals surface area contributed by atoms with Crippen LogP contribution in [0.4, 0.5) is 0 Å². The van der Waals surface area contributed by atoms with E-state index in [9.17, 15) is 10.1 Å². The van der Waals surface area contributed by atoms with E-state index >= 15 is 0 Å². The fraction of sp³-hybridized carbons (Fsp3) is 0.111. The van der Waals surface area contributed by atoms with E-state index in [0.29, 0.717) is 33.4 Å². The molecule has 7 nitrogen and oxygen atoms in total. The van der Waals surface area contributed by atoms with E-state index in [1.807, 2.05) is 12.1 Å². The molecular formula is C27H21ClN2O5. The van der Waals surface area contributed by atoms with Gasteiger partial charge in [0, 0.05) is 22.7 Å². The minimum absolute atomic E-state index is 0.0260. The molecule has 0 fully saturated rings. The van der Waals surface area contributed by atoms with Gasteiger partial charge in [0.25, 0.3) is 0 Å². The number of halogens is 1.